The fourth-order valence-electron chi connectivity index (χ4n) is 3.82. The third-order valence-electron chi connectivity index (χ3n) is 5.60. The Morgan fingerprint density at radius 2 is 1.82 bits per heavy atom. The van der Waals surface area contributed by atoms with E-state index in [4.69, 9.17) is 14.5 Å². The van der Waals surface area contributed by atoms with E-state index in [1.54, 1.807) is 7.11 Å². The largest absolute Gasteiger partial charge is 0.496 e. The molecular formula is C26H29N3O4S. The van der Waals surface area contributed by atoms with E-state index < -0.39 is 6.10 Å². The summed E-state index contributed by atoms with van der Waals surface area (Å²) in [4.78, 5) is 23.5. The van der Waals surface area contributed by atoms with E-state index in [9.17, 15) is 9.90 Å². The zero-order chi connectivity index (χ0) is 24.1. The first kappa shape index (κ1) is 23.9. The lowest BCUT2D eigenvalue weighted by Crippen LogP contribution is -2.40. The number of rotatable bonds is 10. The van der Waals surface area contributed by atoms with E-state index >= 15 is 0 Å². The minimum atomic E-state index is -0.683. The SMILES string of the molecule is COc1ccccc1-c1csc2nc(CN(C[C@H](O)COc3ccccc3)C(C)C)[nH]c(=O)c12. The topological polar surface area (TPSA) is 87.7 Å². The van der Waals surface area contributed by atoms with Gasteiger partial charge in [-0.2, -0.15) is 0 Å². The first-order valence-corrected chi connectivity index (χ1v) is 12.1. The molecule has 0 saturated heterocycles. The van der Waals surface area contributed by atoms with Gasteiger partial charge in [0.2, 0.25) is 0 Å². The molecule has 2 aromatic carbocycles. The number of nitrogens with one attached hydrogen (secondary N) is 1. The Bertz CT molecular complexity index is 1290. The van der Waals surface area contributed by atoms with Gasteiger partial charge in [0, 0.05) is 29.1 Å². The number of fused-ring (bicyclic) bond motifs is 1. The molecule has 8 heteroatoms. The van der Waals surface area contributed by atoms with Gasteiger partial charge in [-0.05, 0) is 32.0 Å². The molecule has 0 aliphatic carbocycles. The van der Waals surface area contributed by atoms with Crippen LogP contribution in [0.1, 0.15) is 19.7 Å². The summed E-state index contributed by atoms with van der Waals surface area (Å²) in [7, 11) is 1.62. The number of aliphatic hydroxyl groups excluding tert-OH is 1. The van der Waals surface area contributed by atoms with Crippen molar-refractivity contribution in [1.82, 2.24) is 14.9 Å². The standard InChI is InChI=1S/C26H29N3O4S/c1-17(2)29(13-18(30)15-33-19-9-5-4-6-10-19)14-23-27-25(31)24-21(16-34-26(24)28-23)20-11-7-8-12-22(20)32-3/h4-12,16-18,30H,13-15H2,1-3H3,(H,27,28,31)/t18-/m0/s1. The molecule has 0 radical (unpaired) electrons. The fourth-order valence-corrected chi connectivity index (χ4v) is 4.77. The van der Waals surface area contributed by atoms with E-state index in [2.05, 4.69) is 9.88 Å². The molecule has 2 aromatic heterocycles. The van der Waals surface area contributed by atoms with Gasteiger partial charge in [0.05, 0.1) is 19.0 Å². The van der Waals surface area contributed by atoms with Crippen LogP contribution in [0.3, 0.4) is 0 Å². The number of thiophene rings is 1. The number of ether oxygens (including phenoxy) is 2. The van der Waals surface area contributed by atoms with Crippen LogP contribution in [-0.4, -0.2) is 52.4 Å². The second kappa shape index (κ2) is 10.8. The summed E-state index contributed by atoms with van der Waals surface area (Å²) in [5, 5.41) is 13.0. The van der Waals surface area contributed by atoms with Gasteiger partial charge in [-0.15, -0.1) is 11.3 Å². The molecule has 0 fully saturated rings. The third-order valence-corrected chi connectivity index (χ3v) is 6.48. The molecule has 0 aliphatic heterocycles. The Morgan fingerprint density at radius 1 is 1.09 bits per heavy atom. The highest BCUT2D eigenvalue weighted by molar-refractivity contribution is 7.17. The van der Waals surface area contributed by atoms with Crippen LogP contribution in [0.2, 0.25) is 0 Å². The molecule has 0 bridgehead atoms. The first-order valence-electron chi connectivity index (χ1n) is 11.2. The molecule has 178 valence electrons. The van der Waals surface area contributed by atoms with Gasteiger partial charge in [-0.1, -0.05) is 36.4 Å². The van der Waals surface area contributed by atoms with Crippen molar-refractivity contribution in [2.24, 2.45) is 0 Å². The van der Waals surface area contributed by atoms with Crippen molar-refractivity contribution in [2.75, 3.05) is 20.3 Å². The summed E-state index contributed by atoms with van der Waals surface area (Å²) in [5.74, 6) is 2.00. The molecule has 4 rings (SSSR count). The van der Waals surface area contributed by atoms with E-state index in [-0.39, 0.29) is 18.2 Å². The van der Waals surface area contributed by atoms with Crippen LogP contribution >= 0.6 is 11.3 Å². The Kier molecular flexibility index (Phi) is 7.62. The van der Waals surface area contributed by atoms with Gasteiger partial charge in [0.25, 0.3) is 5.56 Å². The molecule has 0 aliphatic rings. The van der Waals surface area contributed by atoms with E-state index in [1.807, 2.05) is 73.8 Å². The van der Waals surface area contributed by atoms with Gasteiger partial charge in [0.15, 0.2) is 0 Å². The number of H-pyrrole nitrogens is 1. The van der Waals surface area contributed by atoms with E-state index in [1.165, 1.54) is 11.3 Å². The van der Waals surface area contributed by atoms with Gasteiger partial charge >= 0.3 is 0 Å². The molecule has 0 saturated carbocycles. The normalized spacial score (nSPS) is 12.4. The van der Waals surface area contributed by atoms with Crippen LogP contribution in [0.15, 0.2) is 64.8 Å². The molecule has 34 heavy (non-hydrogen) atoms. The van der Waals surface area contributed by atoms with Crippen LogP contribution in [0, 0.1) is 0 Å². The highest BCUT2D eigenvalue weighted by Gasteiger charge is 2.20. The van der Waals surface area contributed by atoms with Gasteiger partial charge in [-0.3, -0.25) is 9.69 Å². The number of methoxy groups -OCH3 is 1. The summed E-state index contributed by atoms with van der Waals surface area (Å²) in [6.45, 7) is 5.08. The lowest BCUT2D eigenvalue weighted by molar-refractivity contribution is 0.0533. The number of nitrogens with zero attached hydrogens (tertiary/aromatic N) is 2. The van der Waals surface area contributed by atoms with Crippen LogP contribution < -0.4 is 15.0 Å². The molecule has 7 nitrogen and oxygen atoms in total. The number of aliphatic hydroxyl groups is 1. The molecule has 0 spiro atoms. The van der Waals surface area contributed by atoms with Crippen LogP contribution in [0.25, 0.3) is 21.3 Å². The van der Waals surface area contributed by atoms with Gasteiger partial charge in [0.1, 0.15) is 34.9 Å². The summed E-state index contributed by atoms with van der Waals surface area (Å²) in [6, 6.07) is 17.2. The highest BCUT2D eigenvalue weighted by atomic mass is 32.1. The fraction of sp³-hybridized carbons (Fsp3) is 0.308. The molecule has 2 N–H and O–H groups in total. The Hall–Kier alpha value is -3.20. The van der Waals surface area contributed by atoms with Crippen molar-refractivity contribution in [1.29, 1.82) is 0 Å². The summed E-state index contributed by atoms with van der Waals surface area (Å²) < 4.78 is 11.2. The molecule has 0 amide bonds. The lowest BCUT2D eigenvalue weighted by Gasteiger charge is -2.28. The number of benzene rings is 2. The van der Waals surface area contributed by atoms with Crippen LogP contribution in [0.5, 0.6) is 11.5 Å². The van der Waals surface area contributed by atoms with Crippen LogP contribution in [0.4, 0.5) is 0 Å². The highest BCUT2D eigenvalue weighted by Crippen LogP contribution is 2.36. The van der Waals surface area contributed by atoms with Crippen molar-refractivity contribution < 1.29 is 14.6 Å². The van der Waals surface area contributed by atoms with E-state index in [0.29, 0.717) is 34.9 Å². The predicted octanol–water partition coefficient (Wildman–Crippen LogP) is 4.31. The average molecular weight is 480 g/mol. The molecule has 0 unspecified atom stereocenters. The second-order valence-electron chi connectivity index (χ2n) is 8.34. The maximum Gasteiger partial charge on any atom is 0.260 e. The van der Waals surface area contributed by atoms with Crippen LogP contribution in [-0.2, 0) is 6.54 Å². The second-order valence-corrected chi connectivity index (χ2v) is 9.20. The minimum absolute atomic E-state index is 0.139. The number of hydrogen-bond acceptors (Lipinski definition) is 7. The monoisotopic (exact) mass is 479 g/mol. The maximum atomic E-state index is 13.1. The lowest BCUT2D eigenvalue weighted by atomic mass is 10.1. The molecular weight excluding hydrogens is 450 g/mol. The Morgan fingerprint density at radius 3 is 2.56 bits per heavy atom. The summed E-state index contributed by atoms with van der Waals surface area (Å²) >= 11 is 1.44. The molecule has 4 aromatic rings. The number of para-hydroxylation sites is 2. The first-order chi connectivity index (χ1) is 16.5. The summed E-state index contributed by atoms with van der Waals surface area (Å²) in [5.41, 5.74) is 1.49. The van der Waals surface area contributed by atoms with Crippen molar-refractivity contribution in [2.45, 2.75) is 32.5 Å². The predicted molar refractivity (Wildman–Crippen MR) is 136 cm³/mol. The number of aromatic amines is 1. The minimum Gasteiger partial charge on any atom is -0.496 e. The van der Waals surface area contributed by atoms with Crippen molar-refractivity contribution in [3.8, 4) is 22.6 Å². The van der Waals surface area contributed by atoms with E-state index in [0.717, 1.165) is 16.9 Å². The average Bonchev–Trinajstić information content (AvgIpc) is 3.27. The van der Waals surface area contributed by atoms with Gasteiger partial charge < -0.3 is 19.6 Å². The van der Waals surface area contributed by atoms with Crippen molar-refractivity contribution in [3.05, 3.63) is 76.2 Å². The van der Waals surface area contributed by atoms with Crippen molar-refractivity contribution >= 4 is 21.6 Å². The maximum absolute atomic E-state index is 13.1. The Balaban J connectivity index is 1.51. The molecule has 1 atom stereocenters. The van der Waals surface area contributed by atoms with Crippen molar-refractivity contribution in [3.63, 3.8) is 0 Å². The quantitative estimate of drug-likeness (QED) is 0.352. The molecule has 2 heterocycles. The zero-order valence-corrected chi connectivity index (χ0v) is 20.3. The third kappa shape index (κ3) is 5.47. The number of hydrogen-bond donors (Lipinski definition) is 2. The smallest absolute Gasteiger partial charge is 0.260 e. The number of aromatic nitrogens is 2. The van der Waals surface area contributed by atoms with Gasteiger partial charge in [-0.25, -0.2) is 4.98 Å². The Labute approximate surface area is 202 Å². The summed E-state index contributed by atoms with van der Waals surface area (Å²) in [6.07, 6.45) is -0.683. The zero-order valence-electron chi connectivity index (χ0n) is 19.5.